The van der Waals surface area contributed by atoms with Crippen LogP contribution in [0, 0.1) is 5.82 Å². The Morgan fingerprint density at radius 1 is 1.29 bits per heavy atom. The fraction of sp³-hybridized carbons (Fsp3) is 0.0714. The molecule has 1 aliphatic rings. The summed E-state index contributed by atoms with van der Waals surface area (Å²) in [6, 6.07) is 5.61. The van der Waals surface area contributed by atoms with Crippen LogP contribution in [0.1, 0.15) is 20.0 Å². The van der Waals surface area contributed by atoms with Crippen LogP contribution in [0.2, 0.25) is 0 Å². The maximum atomic E-state index is 13.9. The molecule has 1 aromatic heterocycles. The number of hydrogen-bond donors (Lipinski definition) is 0. The van der Waals surface area contributed by atoms with Gasteiger partial charge >= 0.3 is 0 Å². The van der Waals surface area contributed by atoms with E-state index >= 15 is 0 Å². The number of benzene rings is 1. The SMILES string of the molecule is O=C1C(=O)N(CC(=O)c2sccc2Br)c2c(F)cccc21. The first kappa shape index (κ1) is 14.1. The summed E-state index contributed by atoms with van der Waals surface area (Å²) >= 11 is 4.45. The van der Waals surface area contributed by atoms with Crippen molar-refractivity contribution in [3.05, 3.63) is 50.4 Å². The summed E-state index contributed by atoms with van der Waals surface area (Å²) in [5.41, 5.74) is -0.119. The molecular formula is C14H7BrFNO3S. The number of nitrogens with zero attached hydrogens (tertiary/aromatic N) is 1. The number of carbonyl (C=O) groups excluding carboxylic acids is 3. The minimum Gasteiger partial charge on any atom is -0.294 e. The summed E-state index contributed by atoms with van der Waals surface area (Å²) in [5.74, 6) is -2.71. The van der Waals surface area contributed by atoms with E-state index in [-0.39, 0.29) is 23.6 Å². The van der Waals surface area contributed by atoms with E-state index in [0.29, 0.717) is 9.35 Å². The van der Waals surface area contributed by atoms with Crippen LogP contribution in [-0.4, -0.2) is 24.0 Å². The number of Topliss-reactive ketones (excluding diaryl/α,β-unsaturated/α-hetero) is 2. The van der Waals surface area contributed by atoms with Gasteiger partial charge in [0.25, 0.3) is 11.7 Å². The normalized spacial score (nSPS) is 13.7. The maximum absolute atomic E-state index is 13.9. The van der Waals surface area contributed by atoms with E-state index in [2.05, 4.69) is 15.9 Å². The van der Waals surface area contributed by atoms with Gasteiger partial charge in [0.15, 0.2) is 5.78 Å². The molecular weight excluding hydrogens is 361 g/mol. The van der Waals surface area contributed by atoms with Crippen LogP contribution in [-0.2, 0) is 4.79 Å². The van der Waals surface area contributed by atoms with E-state index in [1.165, 1.54) is 23.5 Å². The first-order chi connectivity index (χ1) is 10.0. The molecule has 2 heterocycles. The molecule has 21 heavy (non-hydrogen) atoms. The van der Waals surface area contributed by atoms with E-state index in [4.69, 9.17) is 0 Å². The number of rotatable bonds is 3. The van der Waals surface area contributed by atoms with Gasteiger partial charge in [0, 0.05) is 4.47 Å². The van der Waals surface area contributed by atoms with Gasteiger partial charge in [0.2, 0.25) is 0 Å². The number of anilines is 1. The molecule has 3 rings (SSSR count). The number of hydrogen-bond acceptors (Lipinski definition) is 4. The average Bonchev–Trinajstić information content (AvgIpc) is 2.98. The topological polar surface area (TPSA) is 54.5 Å². The fourth-order valence-corrected chi connectivity index (χ4v) is 3.70. The van der Waals surface area contributed by atoms with Crippen LogP contribution in [0.3, 0.4) is 0 Å². The second kappa shape index (κ2) is 5.16. The summed E-state index contributed by atoms with van der Waals surface area (Å²) in [5, 5.41) is 1.73. The molecule has 0 radical (unpaired) electrons. The van der Waals surface area contributed by atoms with Crippen molar-refractivity contribution in [1.29, 1.82) is 0 Å². The number of ketones is 2. The van der Waals surface area contributed by atoms with Gasteiger partial charge < -0.3 is 0 Å². The van der Waals surface area contributed by atoms with Crippen molar-refractivity contribution in [3.63, 3.8) is 0 Å². The van der Waals surface area contributed by atoms with E-state index in [9.17, 15) is 18.8 Å². The van der Waals surface area contributed by atoms with Gasteiger partial charge in [0.05, 0.1) is 22.7 Å². The van der Waals surface area contributed by atoms with Crippen LogP contribution in [0.4, 0.5) is 10.1 Å². The van der Waals surface area contributed by atoms with Crippen molar-refractivity contribution in [2.24, 2.45) is 0 Å². The van der Waals surface area contributed by atoms with Crippen molar-refractivity contribution in [2.75, 3.05) is 11.4 Å². The summed E-state index contributed by atoms with van der Waals surface area (Å²) in [7, 11) is 0. The third-order valence-electron chi connectivity index (χ3n) is 3.11. The van der Waals surface area contributed by atoms with Gasteiger partial charge in [-0.1, -0.05) is 6.07 Å². The Balaban J connectivity index is 1.98. The lowest BCUT2D eigenvalue weighted by atomic mass is 10.1. The molecule has 0 fully saturated rings. The number of halogens is 2. The van der Waals surface area contributed by atoms with Crippen molar-refractivity contribution >= 4 is 50.4 Å². The number of para-hydroxylation sites is 1. The molecule has 4 nitrogen and oxygen atoms in total. The van der Waals surface area contributed by atoms with Gasteiger partial charge in [-0.25, -0.2) is 4.39 Å². The average molecular weight is 368 g/mol. The van der Waals surface area contributed by atoms with Crippen LogP contribution in [0.25, 0.3) is 0 Å². The van der Waals surface area contributed by atoms with Crippen LogP contribution in [0.5, 0.6) is 0 Å². The zero-order valence-corrected chi connectivity index (χ0v) is 12.8. The van der Waals surface area contributed by atoms with Gasteiger partial charge in [0.1, 0.15) is 5.82 Å². The molecule has 7 heteroatoms. The Morgan fingerprint density at radius 3 is 2.71 bits per heavy atom. The van der Waals surface area contributed by atoms with Crippen LogP contribution in [0.15, 0.2) is 34.1 Å². The lowest BCUT2D eigenvalue weighted by molar-refractivity contribution is -0.114. The van der Waals surface area contributed by atoms with Gasteiger partial charge in [-0.3, -0.25) is 19.3 Å². The van der Waals surface area contributed by atoms with Crippen LogP contribution >= 0.6 is 27.3 Å². The number of amides is 1. The van der Waals surface area contributed by atoms with E-state index < -0.39 is 17.5 Å². The highest BCUT2D eigenvalue weighted by Crippen LogP contribution is 2.32. The van der Waals surface area contributed by atoms with E-state index in [1.807, 2.05) is 0 Å². The largest absolute Gasteiger partial charge is 0.299 e. The highest BCUT2D eigenvalue weighted by atomic mass is 79.9. The Bertz CT molecular complexity index is 786. The standard InChI is InChI=1S/C14H7BrFNO3S/c15-8-4-5-21-13(8)10(18)6-17-11-7(12(19)14(17)20)2-1-3-9(11)16/h1-5H,6H2. The van der Waals surface area contributed by atoms with Gasteiger partial charge in [-0.05, 0) is 39.5 Å². The Morgan fingerprint density at radius 2 is 2.05 bits per heavy atom. The van der Waals surface area contributed by atoms with Gasteiger partial charge in [-0.2, -0.15) is 0 Å². The first-order valence-corrected chi connectivity index (χ1v) is 7.59. The van der Waals surface area contributed by atoms with Crippen molar-refractivity contribution in [2.45, 2.75) is 0 Å². The minimum atomic E-state index is -0.879. The fourth-order valence-electron chi connectivity index (χ4n) is 2.17. The van der Waals surface area contributed by atoms with Crippen molar-refractivity contribution < 1.29 is 18.8 Å². The molecule has 0 spiro atoms. The third-order valence-corrected chi connectivity index (χ3v) is 4.99. The second-order valence-electron chi connectivity index (χ2n) is 4.38. The molecule has 0 aliphatic carbocycles. The molecule has 106 valence electrons. The van der Waals surface area contributed by atoms with Crippen molar-refractivity contribution in [3.8, 4) is 0 Å². The molecule has 0 bridgehead atoms. The predicted octanol–water partition coefficient (Wildman–Crippen LogP) is 3.06. The van der Waals surface area contributed by atoms with Crippen LogP contribution < -0.4 is 4.90 Å². The number of fused-ring (bicyclic) bond motifs is 1. The summed E-state index contributed by atoms with van der Waals surface area (Å²) in [6.45, 7) is -0.363. The van der Waals surface area contributed by atoms with E-state index in [1.54, 1.807) is 11.4 Å². The van der Waals surface area contributed by atoms with E-state index in [0.717, 1.165) is 11.0 Å². The summed E-state index contributed by atoms with van der Waals surface area (Å²) in [4.78, 5) is 37.3. The molecule has 2 aromatic rings. The molecule has 1 amide bonds. The lowest BCUT2D eigenvalue weighted by Crippen LogP contribution is -2.35. The third kappa shape index (κ3) is 2.22. The Labute approximate surface area is 131 Å². The molecule has 1 aliphatic heterocycles. The molecule has 0 saturated carbocycles. The summed E-state index contributed by atoms with van der Waals surface area (Å²) < 4.78 is 14.5. The summed E-state index contributed by atoms with van der Waals surface area (Å²) in [6.07, 6.45) is 0. The smallest absolute Gasteiger partial charge is 0.294 e. The number of thiophene rings is 1. The second-order valence-corrected chi connectivity index (χ2v) is 6.15. The minimum absolute atomic E-state index is 0.00181. The predicted molar refractivity (Wildman–Crippen MR) is 79.4 cm³/mol. The molecule has 0 N–H and O–H groups in total. The monoisotopic (exact) mass is 367 g/mol. The van der Waals surface area contributed by atoms with Gasteiger partial charge in [-0.15, -0.1) is 11.3 Å². The molecule has 1 aromatic carbocycles. The lowest BCUT2D eigenvalue weighted by Gasteiger charge is -2.15. The molecule has 0 unspecified atom stereocenters. The Hall–Kier alpha value is -1.86. The quantitative estimate of drug-likeness (QED) is 0.618. The van der Waals surface area contributed by atoms with Crippen molar-refractivity contribution in [1.82, 2.24) is 0 Å². The zero-order valence-electron chi connectivity index (χ0n) is 10.4. The molecule has 0 atom stereocenters. The first-order valence-electron chi connectivity index (χ1n) is 5.91. The highest BCUT2D eigenvalue weighted by Gasteiger charge is 2.39. The zero-order chi connectivity index (χ0) is 15.1. The number of carbonyl (C=O) groups is 3. The maximum Gasteiger partial charge on any atom is 0.299 e. The Kier molecular flexibility index (Phi) is 3.46. The molecule has 0 saturated heterocycles. The highest BCUT2D eigenvalue weighted by molar-refractivity contribution is 9.10.